The van der Waals surface area contributed by atoms with Crippen LogP contribution in [0.3, 0.4) is 0 Å². The minimum absolute atomic E-state index is 0.847. The molecule has 0 spiro atoms. The Kier molecular flexibility index (Phi) is 21.2. The topological polar surface area (TPSA) is 18.5 Å². The van der Waals surface area contributed by atoms with Crippen LogP contribution in [0, 0.1) is 23.7 Å². The second kappa shape index (κ2) is 25.0. The van der Waals surface area contributed by atoms with Crippen molar-refractivity contribution < 1.29 is 9.47 Å². The van der Waals surface area contributed by atoms with Gasteiger partial charge in [-0.2, -0.15) is 0 Å². The van der Waals surface area contributed by atoms with Crippen LogP contribution in [0.4, 0.5) is 0 Å². The van der Waals surface area contributed by atoms with Crippen LogP contribution in [-0.2, 0) is 0 Å². The van der Waals surface area contributed by atoms with E-state index in [4.69, 9.17) is 9.47 Å². The van der Waals surface area contributed by atoms with Crippen LogP contribution in [0.2, 0.25) is 0 Å². The lowest BCUT2D eigenvalue weighted by atomic mass is 9.78. The monoisotopic (exact) mass is 611 g/mol. The van der Waals surface area contributed by atoms with Crippen LogP contribution in [0.5, 0.6) is 11.5 Å². The van der Waals surface area contributed by atoms with Crippen molar-refractivity contribution in [2.24, 2.45) is 23.7 Å². The van der Waals surface area contributed by atoms with E-state index in [0.29, 0.717) is 0 Å². The van der Waals surface area contributed by atoms with E-state index < -0.39 is 0 Å². The molecule has 0 N–H and O–H groups in total. The molecule has 2 aliphatic carbocycles. The van der Waals surface area contributed by atoms with Gasteiger partial charge in [0.15, 0.2) is 0 Å². The van der Waals surface area contributed by atoms with Crippen LogP contribution >= 0.6 is 0 Å². The maximum Gasteiger partial charge on any atom is 0.119 e. The predicted octanol–water partition coefficient (Wildman–Crippen LogP) is 13.9. The third-order valence-electron chi connectivity index (χ3n) is 11.2. The van der Waals surface area contributed by atoms with Gasteiger partial charge in [-0.25, -0.2) is 0 Å². The van der Waals surface area contributed by atoms with Crippen molar-refractivity contribution in [3.05, 3.63) is 24.3 Å². The smallest absolute Gasteiger partial charge is 0.119 e. The van der Waals surface area contributed by atoms with Gasteiger partial charge < -0.3 is 9.47 Å². The molecule has 0 saturated heterocycles. The number of benzene rings is 1. The summed E-state index contributed by atoms with van der Waals surface area (Å²) in [5.74, 6) is 5.88. The summed E-state index contributed by atoms with van der Waals surface area (Å²) in [5, 5.41) is 0. The lowest BCUT2D eigenvalue weighted by molar-refractivity contribution is 0.226. The van der Waals surface area contributed by atoms with Gasteiger partial charge in [0.25, 0.3) is 0 Å². The van der Waals surface area contributed by atoms with E-state index >= 15 is 0 Å². The Bertz CT molecular complexity index is 691. The van der Waals surface area contributed by atoms with Gasteiger partial charge in [-0.3, -0.25) is 0 Å². The lowest BCUT2D eigenvalue weighted by Gasteiger charge is -2.28. The molecule has 2 fully saturated rings. The standard InChI is InChI=1S/C42H74O2/c1-3-5-7-9-11-13-15-19-37-23-27-39(28-24-37)21-17-35-43-41-31-33-42(34-32-41)44-36-18-22-40-29-25-38(26-30-40)20-16-14-12-10-8-6-4-2/h31-34,37-40H,3-30,35-36H2,1-2H3/t37-,38-,39-,40-. The highest BCUT2D eigenvalue weighted by Crippen LogP contribution is 2.35. The predicted molar refractivity (Wildman–Crippen MR) is 192 cm³/mol. The number of ether oxygens (including phenoxy) is 2. The second-order valence-electron chi connectivity index (χ2n) is 15.0. The molecule has 44 heavy (non-hydrogen) atoms. The van der Waals surface area contributed by atoms with E-state index in [0.717, 1.165) is 48.4 Å². The summed E-state index contributed by atoms with van der Waals surface area (Å²) in [4.78, 5) is 0. The fourth-order valence-electron chi connectivity index (χ4n) is 8.15. The molecule has 2 saturated carbocycles. The molecule has 2 aliphatic rings. The largest absolute Gasteiger partial charge is 0.494 e. The molecule has 0 heterocycles. The average Bonchev–Trinajstić information content (AvgIpc) is 3.06. The zero-order valence-corrected chi connectivity index (χ0v) is 29.6. The number of rotatable bonds is 26. The highest BCUT2D eigenvalue weighted by Gasteiger charge is 2.21. The van der Waals surface area contributed by atoms with Gasteiger partial charge in [0.2, 0.25) is 0 Å². The Labute approximate surface area is 275 Å². The zero-order valence-electron chi connectivity index (χ0n) is 29.6. The van der Waals surface area contributed by atoms with Crippen LogP contribution in [0.1, 0.15) is 194 Å². The van der Waals surface area contributed by atoms with Crippen molar-refractivity contribution >= 4 is 0 Å². The average molecular weight is 611 g/mol. The molecule has 0 bridgehead atoms. The summed E-state index contributed by atoms with van der Waals surface area (Å²) in [6.45, 7) is 6.31. The number of unbranched alkanes of at least 4 members (excludes halogenated alkanes) is 12. The van der Waals surface area contributed by atoms with Crippen molar-refractivity contribution in [1.29, 1.82) is 0 Å². The molecule has 0 radical (unpaired) electrons. The van der Waals surface area contributed by atoms with Gasteiger partial charge in [0, 0.05) is 0 Å². The van der Waals surface area contributed by atoms with Gasteiger partial charge in [-0.05, 0) is 73.6 Å². The molecule has 3 rings (SSSR count). The number of hydrogen-bond donors (Lipinski definition) is 0. The lowest BCUT2D eigenvalue weighted by Crippen LogP contribution is -2.15. The Morgan fingerprint density at radius 1 is 0.386 bits per heavy atom. The van der Waals surface area contributed by atoms with Crippen LogP contribution in [-0.4, -0.2) is 13.2 Å². The van der Waals surface area contributed by atoms with E-state index in [1.165, 1.54) is 180 Å². The van der Waals surface area contributed by atoms with Crippen LogP contribution < -0.4 is 9.47 Å². The molecule has 1 aromatic carbocycles. The minimum Gasteiger partial charge on any atom is -0.494 e. The van der Waals surface area contributed by atoms with Gasteiger partial charge in [-0.15, -0.1) is 0 Å². The second-order valence-corrected chi connectivity index (χ2v) is 15.0. The summed E-state index contributed by atoms with van der Waals surface area (Å²) in [7, 11) is 0. The van der Waals surface area contributed by atoms with Gasteiger partial charge >= 0.3 is 0 Å². The molecule has 2 nitrogen and oxygen atoms in total. The van der Waals surface area contributed by atoms with E-state index in [1.807, 2.05) is 0 Å². The molecule has 1 aromatic rings. The SMILES string of the molecule is CCCCCCCCC[C@H]1CC[C@H](CCCOc2ccc(OCCC[C@H]3CC[C@H](CCCCCCCCC)CC3)cc2)CC1. The van der Waals surface area contributed by atoms with Crippen LogP contribution in [0.25, 0.3) is 0 Å². The van der Waals surface area contributed by atoms with E-state index in [2.05, 4.69) is 38.1 Å². The molecule has 0 aromatic heterocycles. The van der Waals surface area contributed by atoms with Crippen LogP contribution in [0.15, 0.2) is 24.3 Å². The van der Waals surface area contributed by atoms with Crippen molar-refractivity contribution in [2.75, 3.05) is 13.2 Å². The normalized spacial score (nSPS) is 22.2. The van der Waals surface area contributed by atoms with Gasteiger partial charge in [-0.1, -0.05) is 168 Å². The number of hydrogen-bond acceptors (Lipinski definition) is 2. The molecule has 254 valence electrons. The quantitative estimate of drug-likeness (QED) is 0.0971. The Morgan fingerprint density at radius 2 is 0.659 bits per heavy atom. The zero-order chi connectivity index (χ0) is 30.9. The summed E-state index contributed by atoms with van der Waals surface area (Å²) in [5.41, 5.74) is 0. The van der Waals surface area contributed by atoms with Gasteiger partial charge in [0.05, 0.1) is 13.2 Å². The van der Waals surface area contributed by atoms with E-state index in [1.54, 1.807) is 0 Å². The first-order valence-corrected chi connectivity index (χ1v) is 20.1. The third-order valence-corrected chi connectivity index (χ3v) is 11.2. The Balaban J connectivity index is 1.11. The molecule has 0 amide bonds. The van der Waals surface area contributed by atoms with Gasteiger partial charge in [0.1, 0.15) is 11.5 Å². The Hall–Kier alpha value is -1.18. The highest BCUT2D eigenvalue weighted by atomic mass is 16.5. The Morgan fingerprint density at radius 3 is 0.977 bits per heavy atom. The van der Waals surface area contributed by atoms with Crippen molar-refractivity contribution in [2.45, 2.75) is 194 Å². The first-order valence-electron chi connectivity index (χ1n) is 20.1. The molecule has 0 atom stereocenters. The van der Waals surface area contributed by atoms with Crippen molar-refractivity contribution in [3.8, 4) is 11.5 Å². The first kappa shape index (κ1) is 37.3. The fraction of sp³-hybridized carbons (Fsp3) is 0.857. The molecular formula is C42H74O2. The molecular weight excluding hydrogens is 536 g/mol. The molecule has 2 heteroatoms. The first-order chi connectivity index (χ1) is 21.8. The minimum atomic E-state index is 0.847. The fourth-order valence-corrected chi connectivity index (χ4v) is 8.15. The maximum absolute atomic E-state index is 6.08. The highest BCUT2D eigenvalue weighted by molar-refractivity contribution is 5.31. The van der Waals surface area contributed by atoms with E-state index in [9.17, 15) is 0 Å². The maximum atomic E-state index is 6.08. The third kappa shape index (κ3) is 17.5. The summed E-state index contributed by atoms with van der Waals surface area (Å²) >= 11 is 0. The van der Waals surface area contributed by atoms with Crippen molar-refractivity contribution in [3.63, 3.8) is 0 Å². The summed E-state index contributed by atoms with van der Waals surface area (Å²) in [6, 6.07) is 8.38. The summed E-state index contributed by atoms with van der Waals surface area (Å²) in [6.07, 6.45) is 39.9. The van der Waals surface area contributed by atoms with Crippen molar-refractivity contribution in [1.82, 2.24) is 0 Å². The molecule has 0 unspecified atom stereocenters. The molecule has 0 aliphatic heterocycles. The van der Waals surface area contributed by atoms with E-state index in [-0.39, 0.29) is 0 Å². The summed E-state index contributed by atoms with van der Waals surface area (Å²) < 4.78 is 12.2.